The van der Waals surface area contributed by atoms with Gasteiger partial charge in [-0.15, -0.1) is 0 Å². The molecule has 2 aromatic rings. The lowest BCUT2D eigenvalue weighted by atomic mass is 10.2. The topological polar surface area (TPSA) is 50.7 Å². The summed E-state index contributed by atoms with van der Waals surface area (Å²) in [6.45, 7) is 1.66. The van der Waals surface area contributed by atoms with E-state index in [2.05, 4.69) is 10.5 Å². The van der Waals surface area contributed by atoms with E-state index in [1.807, 2.05) is 6.92 Å². The first-order valence-electron chi connectivity index (χ1n) is 6.51. The smallest absolute Gasteiger partial charge is 0.277 e. The van der Waals surface area contributed by atoms with Crippen molar-refractivity contribution in [1.29, 1.82) is 0 Å². The molecule has 0 aromatic heterocycles. The molecule has 0 radical (unpaired) electrons. The van der Waals surface area contributed by atoms with Crippen LogP contribution in [0, 0.1) is 12.7 Å². The molecule has 6 heteroatoms. The maximum Gasteiger partial charge on any atom is 0.277 e. The van der Waals surface area contributed by atoms with Gasteiger partial charge in [0, 0.05) is 5.02 Å². The molecule has 4 nitrogen and oxygen atoms in total. The van der Waals surface area contributed by atoms with Gasteiger partial charge in [0.25, 0.3) is 5.91 Å². The summed E-state index contributed by atoms with van der Waals surface area (Å²) in [6.07, 6.45) is 1.36. The van der Waals surface area contributed by atoms with Gasteiger partial charge >= 0.3 is 0 Å². The summed E-state index contributed by atoms with van der Waals surface area (Å²) >= 11 is 5.84. The van der Waals surface area contributed by atoms with Crippen LogP contribution < -0.4 is 10.2 Å². The fraction of sp³-hybridized carbons (Fsp3) is 0.125. The van der Waals surface area contributed by atoms with Crippen molar-refractivity contribution < 1.29 is 13.9 Å². The number of hydrazone groups is 1. The van der Waals surface area contributed by atoms with Gasteiger partial charge in [0.2, 0.25) is 0 Å². The van der Waals surface area contributed by atoms with Crippen molar-refractivity contribution in [3.63, 3.8) is 0 Å². The number of aryl methyl sites for hydroxylation is 1. The van der Waals surface area contributed by atoms with E-state index in [0.29, 0.717) is 16.3 Å². The number of benzene rings is 2. The molecule has 0 unspecified atom stereocenters. The summed E-state index contributed by atoms with van der Waals surface area (Å²) in [7, 11) is 0. The molecule has 114 valence electrons. The van der Waals surface area contributed by atoms with Crippen LogP contribution in [0.15, 0.2) is 47.6 Å². The van der Waals surface area contributed by atoms with Crippen LogP contribution in [0.3, 0.4) is 0 Å². The summed E-state index contributed by atoms with van der Waals surface area (Å²) in [5.41, 5.74) is 3.70. The lowest BCUT2D eigenvalue weighted by Crippen LogP contribution is -2.24. The maximum absolute atomic E-state index is 12.9. The number of halogens is 2. The van der Waals surface area contributed by atoms with Gasteiger partial charge in [-0.05, 0) is 48.4 Å². The lowest BCUT2D eigenvalue weighted by molar-refractivity contribution is -0.123. The molecule has 1 N–H and O–H groups in total. The van der Waals surface area contributed by atoms with E-state index in [1.54, 1.807) is 30.3 Å². The second kappa shape index (κ2) is 7.56. The number of hydrogen-bond donors (Lipinski definition) is 1. The summed E-state index contributed by atoms with van der Waals surface area (Å²) < 4.78 is 18.3. The molecule has 0 aliphatic rings. The van der Waals surface area contributed by atoms with Crippen LogP contribution >= 0.6 is 11.6 Å². The van der Waals surface area contributed by atoms with Crippen molar-refractivity contribution in [2.45, 2.75) is 6.92 Å². The maximum atomic E-state index is 12.9. The van der Waals surface area contributed by atoms with Crippen molar-refractivity contribution >= 4 is 23.7 Å². The Morgan fingerprint density at radius 1 is 1.36 bits per heavy atom. The second-order valence-corrected chi connectivity index (χ2v) is 4.98. The molecule has 0 fully saturated rings. The average molecular weight is 321 g/mol. The Kier molecular flexibility index (Phi) is 5.49. The van der Waals surface area contributed by atoms with E-state index >= 15 is 0 Å². The first kappa shape index (κ1) is 16.0. The molecular formula is C16H14ClFN2O2. The third-order valence-electron chi connectivity index (χ3n) is 2.75. The lowest BCUT2D eigenvalue weighted by Gasteiger charge is -2.08. The summed E-state index contributed by atoms with van der Waals surface area (Å²) in [4.78, 5) is 11.6. The molecule has 1 amide bonds. The largest absolute Gasteiger partial charge is 0.483 e. The highest BCUT2D eigenvalue weighted by Gasteiger charge is 2.04. The summed E-state index contributed by atoms with van der Waals surface area (Å²) in [5.74, 6) is -0.201. The minimum Gasteiger partial charge on any atom is -0.483 e. The van der Waals surface area contributed by atoms with Crippen molar-refractivity contribution in [3.05, 3.63) is 64.4 Å². The number of ether oxygens (including phenoxy) is 1. The zero-order chi connectivity index (χ0) is 15.9. The van der Waals surface area contributed by atoms with Crippen molar-refractivity contribution in [3.8, 4) is 5.75 Å². The number of hydrogen-bond acceptors (Lipinski definition) is 3. The zero-order valence-electron chi connectivity index (χ0n) is 11.8. The molecule has 0 heterocycles. The van der Waals surface area contributed by atoms with Crippen LogP contribution in [0.25, 0.3) is 0 Å². The van der Waals surface area contributed by atoms with Crippen LogP contribution in [0.4, 0.5) is 4.39 Å². The SMILES string of the molecule is Cc1cc(Cl)ccc1OCC(=O)NN=Cc1cccc(F)c1. The van der Waals surface area contributed by atoms with Crippen molar-refractivity contribution in [2.24, 2.45) is 5.10 Å². The Morgan fingerprint density at radius 2 is 2.18 bits per heavy atom. The molecule has 0 bridgehead atoms. The minimum absolute atomic E-state index is 0.178. The first-order chi connectivity index (χ1) is 10.5. The normalized spacial score (nSPS) is 10.7. The number of rotatable bonds is 5. The molecule has 0 saturated heterocycles. The number of amides is 1. The van der Waals surface area contributed by atoms with Gasteiger partial charge in [0.15, 0.2) is 6.61 Å². The Balaban J connectivity index is 1.83. The van der Waals surface area contributed by atoms with E-state index in [9.17, 15) is 9.18 Å². The highest BCUT2D eigenvalue weighted by molar-refractivity contribution is 6.30. The van der Waals surface area contributed by atoms with Crippen LogP contribution in [0.1, 0.15) is 11.1 Å². The summed E-state index contributed by atoms with van der Waals surface area (Å²) in [6, 6.07) is 11.0. The quantitative estimate of drug-likeness (QED) is 0.678. The van der Waals surface area contributed by atoms with Crippen LogP contribution in [-0.4, -0.2) is 18.7 Å². The van der Waals surface area contributed by atoms with Crippen LogP contribution in [0.5, 0.6) is 5.75 Å². The Bertz CT molecular complexity index is 704. The molecule has 0 atom stereocenters. The predicted molar refractivity (Wildman–Crippen MR) is 83.8 cm³/mol. The molecule has 2 aromatic carbocycles. The molecule has 0 aliphatic carbocycles. The fourth-order valence-corrected chi connectivity index (χ4v) is 1.94. The highest BCUT2D eigenvalue weighted by atomic mass is 35.5. The number of nitrogens with one attached hydrogen (secondary N) is 1. The highest BCUT2D eigenvalue weighted by Crippen LogP contribution is 2.21. The van der Waals surface area contributed by atoms with Crippen LogP contribution in [-0.2, 0) is 4.79 Å². The average Bonchev–Trinajstić information content (AvgIpc) is 2.46. The van der Waals surface area contributed by atoms with Crippen molar-refractivity contribution in [1.82, 2.24) is 5.43 Å². The molecule has 0 saturated carbocycles. The van der Waals surface area contributed by atoms with Gasteiger partial charge in [-0.3, -0.25) is 4.79 Å². The third kappa shape index (κ3) is 4.86. The predicted octanol–water partition coefficient (Wildman–Crippen LogP) is 3.32. The first-order valence-corrected chi connectivity index (χ1v) is 6.89. The van der Waals surface area contributed by atoms with Gasteiger partial charge < -0.3 is 4.74 Å². The van der Waals surface area contributed by atoms with Gasteiger partial charge in [-0.25, -0.2) is 9.82 Å². The minimum atomic E-state index is -0.415. The molecular weight excluding hydrogens is 307 g/mol. The number of carbonyl (C=O) groups is 1. The van der Waals surface area contributed by atoms with Gasteiger partial charge in [-0.1, -0.05) is 23.7 Å². The van der Waals surface area contributed by atoms with Crippen molar-refractivity contribution in [2.75, 3.05) is 6.61 Å². The zero-order valence-corrected chi connectivity index (χ0v) is 12.6. The molecule has 0 aliphatic heterocycles. The second-order valence-electron chi connectivity index (χ2n) is 4.55. The van der Waals surface area contributed by atoms with Gasteiger partial charge in [-0.2, -0.15) is 5.10 Å². The standard InChI is InChI=1S/C16H14ClFN2O2/c1-11-7-13(17)5-6-15(11)22-10-16(21)20-19-9-12-3-2-4-14(18)8-12/h2-9H,10H2,1H3,(H,20,21). The Hall–Kier alpha value is -2.40. The number of nitrogens with zero attached hydrogens (tertiary/aromatic N) is 1. The summed E-state index contributed by atoms with van der Waals surface area (Å²) in [5, 5.41) is 4.34. The van der Waals surface area contributed by atoms with Gasteiger partial charge in [0.05, 0.1) is 6.21 Å². The van der Waals surface area contributed by atoms with E-state index in [0.717, 1.165) is 5.56 Å². The number of carbonyl (C=O) groups excluding carboxylic acids is 1. The van der Waals surface area contributed by atoms with E-state index in [1.165, 1.54) is 18.3 Å². The molecule has 22 heavy (non-hydrogen) atoms. The van der Waals surface area contributed by atoms with Crippen LogP contribution in [0.2, 0.25) is 5.02 Å². The third-order valence-corrected chi connectivity index (χ3v) is 2.98. The van der Waals surface area contributed by atoms with E-state index in [4.69, 9.17) is 16.3 Å². The Morgan fingerprint density at radius 3 is 2.91 bits per heavy atom. The van der Waals surface area contributed by atoms with E-state index in [-0.39, 0.29) is 12.4 Å². The van der Waals surface area contributed by atoms with E-state index < -0.39 is 5.91 Å². The molecule has 0 spiro atoms. The Labute approximate surface area is 132 Å². The monoisotopic (exact) mass is 320 g/mol. The molecule has 2 rings (SSSR count). The fourth-order valence-electron chi connectivity index (χ4n) is 1.72. The van der Waals surface area contributed by atoms with Gasteiger partial charge in [0.1, 0.15) is 11.6 Å².